The Bertz CT molecular complexity index is 831. The van der Waals surface area contributed by atoms with Gasteiger partial charge in [-0.05, 0) is 37.3 Å². The molecule has 0 spiro atoms. The number of aromatic nitrogens is 1. The van der Waals surface area contributed by atoms with Gasteiger partial charge in [0.05, 0.1) is 17.3 Å². The van der Waals surface area contributed by atoms with E-state index in [2.05, 4.69) is 16.4 Å². The molecular formula is C18H19ClN3OS+. The molecule has 6 heteroatoms. The number of fused-ring (bicyclic) bond motifs is 1. The van der Waals surface area contributed by atoms with Crippen LogP contribution in [0.25, 0.3) is 10.2 Å². The first kappa shape index (κ1) is 16.9. The third-order valence-electron chi connectivity index (χ3n) is 3.99. The van der Waals surface area contributed by atoms with Crippen molar-refractivity contribution in [2.45, 2.75) is 19.5 Å². The number of thiazole rings is 1. The fourth-order valence-electron chi connectivity index (χ4n) is 2.43. The van der Waals surface area contributed by atoms with E-state index in [9.17, 15) is 4.79 Å². The van der Waals surface area contributed by atoms with Crippen molar-refractivity contribution in [1.82, 2.24) is 4.98 Å². The Hall–Kier alpha value is -1.95. The van der Waals surface area contributed by atoms with Crippen LogP contribution in [-0.2, 0) is 11.3 Å². The SMILES string of the molecule is C[C@H](C(=O)Nc1cccc(Cl)c1)[NH+](C)Cc1nc2ccccc2s1. The third kappa shape index (κ3) is 3.93. The Morgan fingerprint density at radius 1 is 1.29 bits per heavy atom. The van der Waals surface area contributed by atoms with Gasteiger partial charge in [-0.2, -0.15) is 0 Å². The van der Waals surface area contributed by atoms with E-state index in [-0.39, 0.29) is 11.9 Å². The molecule has 4 nitrogen and oxygen atoms in total. The van der Waals surface area contributed by atoms with E-state index in [1.807, 2.05) is 44.3 Å². The lowest BCUT2D eigenvalue weighted by Gasteiger charge is -2.20. The molecule has 0 aliphatic heterocycles. The zero-order chi connectivity index (χ0) is 17.1. The molecule has 1 heterocycles. The summed E-state index contributed by atoms with van der Waals surface area (Å²) in [6.45, 7) is 2.63. The molecule has 1 unspecified atom stereocenters. The molecule has 2 atom stereocenters. The number of anilines is 1. The zero-order valence-corrected chi connectivity index (χ0v) is 15.1. The molecule has 24 heavy (non-hydrogen) atoms. The highest BCUT2D eigenvalue weighted by Crippen LogP contribution is 2.20. The van der Waals surface area contributed by atoms with Gasteiger partial charge in [-0.3, -0.25) is 4.79 Å². The zero-order valence-electron chi connectivity index (χ0n) is 13.5. The molecule has 0 radical (unpaired) electrons. The van der Waals surface area contributed by atoms with Crippen molar-refractivity contribution in [3.05, 3.63) is 58.6 Å². The number of halogens is 1. The molecule has 0 aliphatic carbocycles. The van der Waals surface area contributed by atoms with Crippen LogP contribution in [0.2, 0.25) is 5.02 Å². The number of quaternary nitrogens is 1. The topological polar surface area (TPSA) is 46.4 Å². The summed E-state index contributed by atoms with van der Waals surface area (Å²) in [5, 5.41) is 4.56. The lowest BCUT2D eigenvalue weighted by Crippen LogP contribution is -3.12. The van der Waals surface area contributed by atoms with Crippen LogP contribution >= 0.6 is 22.9 Å². The van der Waals surface area contributed by atoms with E-state index in [1.54, 1.807) is 23.5 Å². The largest absolute Gasteiger partial charge is 0.322 e. The number of carbonyl (C=O) groups excluding carboxylic acids is 1. The minimum Gasteiger partial charge on any atom is -0.322 e. The summed E-state index contributed by atoms with van der Waals surface area (Å²) < 4.78 is 1.18. The number of amides is 1. The molecule has 0 saturated heterocycles. The average molecular weight is 361 g/mol. The molecule has 0 bridgehead atoms. The first-order valence-corrected chi connectivity index (χ1v) is 8.95. The summed E-state index contributed by atoms with van der Waals surface area (Å²) in [5.41, 5.74) is 1.73. The number of nitrogens with zero attached hydrogens (tertiary/aromatic N) is 1. The molecule has 0 fully saturated rings. The number of carbonyl (C=O) groups is 1. The fourth-order valence-corrected chi connectivity index (χ4v) is 3.68. The van der Waals surface area contributed by atoms with E-state index in [0.29, 0.717) is 17.3 Å². The van der Waals surface area contributed by atoms with Crippen molar-refractivity contribution in [3.63, 3.8) is 0 Å². The van der Waals surface area contributed by atoms with Crippen LogP contribution in [0.1, 0.15) is 11.9 Å². The van der Waals surface area contributed by atoms with Crippen molar-refractivity contribution < 1.29 is 9.69 Å². The quantitative estimate of drug-likeness (QED) is 0.734. The van der Waals surface area contributed by atoms with Gasteiger partial charge in [0.25, 0.3) is 5.91 Å². The number of benzene rings is 2. The highest BCUT2D eigenvalue weighted by molar-refractivity contribution is 7.18. The van der Waals surface area contributed by atoms with Gasteiger partial charge < -0.3 is 10.2 Å². The van der Waals surface area contributed by atoms with Crippen LogP contribution in [0.4, 0.5) is 5.69 Å². The summed E-state index contributed by atoms with van der Waals surface area (Å²) in [7, 11) is 2.01. The van der Waals surface area contributed by atoms with Gasteiger partial charge in [-0.15, -0.1) is 11.3 Å². The number of rotatable bonds is 5. The summed E-state index contributed by atoms with van der Waals surface area (Å²) in [6.07, 6.45) is 0. The molecule has 1 amide bonds. The second-order valence-electron chi connectivity index (χ2n) is 5.82. The van der Waals surface area contributed by atoms with Crippen molar-refractivity contribution in [1.29, 1.82) is 0 Å². The maximum Gasteiger partial charge on any atom is 0.282 e. The standard InChI is InChI=1S/C18H18ClN3OS/c1-12(18(23)20-14-7-5-6-13(19)10-14)22(2)11-17-21-15-8-3-4-9-16(15)24-17/h3-10,12H,11H2,1-2H3,(H,20,23)/p+1/t12-/m1/s1. The Morgan fingerprint density at radius 3 is 2.83 bits per heavy atom. The van der Waals surface area contributed by atoms with Crippen LogP contribution in [0.5, 0.6) is 0 Å². The van der Waals surface area contributed by atoms with Gasteiger partial charge in [-0.1, -0.05) is 29.8 Å². The maximum absolute atomic E-state index is 12.4. The Balaban J connectivity index is 1.65. The van der Waals surface area contributed by atoms with Crippen molar-refractivity contribution >= 4 is 44.7 Å². The van der Waals surface area contributed by atoms with Crippen molar-refractivity contribution in [2.75, 3.05) is 12.4 Å². The van der Waals surface area contributed by atoms with Crippen LogP contribution in [-0.4, -0.2) is 24.0 Å². The molecule has 1 aromatic heterocycles. The van der Waals surface area contributed by atoms with Crippen molar-refractivity contribution in [2.24, 2.45) is 0 Å². The van der Waals surface area contributed by atoms with Gasteiger partial charge in [0.15, 0.2) is 6.04 Å². The molecule has 2 N–H and O–H groups in total. The molecule has 0 aliphatic rings. The molecule has 3 aromatic rings. The maximum atomic E-state index is 12.4. The number of likely N-dealkylation sites (N-methyl/N-ethyl adjacent to an activating group) is 1. The minimum absolute atomic E-state index is 0.0316. The Morgan fingerprint density at radius 2 is 2.08 bits per heavy atom. The number of hydrogen-bond acceptors (Lipinski definition) is 3. The highest BCUT2D eigenvalue weighted by Gasteiger charge is 2.23. The lowest BCUT2D eigenvalue weighted by atomic mass is 10.2. The fraction of sp³-hybridized carbons (Fsp3) is 0.222. The van der Waals surface area contributed by atoms with E-state index < -0.39 is 0 Å². The van der Waals surface area contributed by atoms with E-state index >= 15 is 0 Å². The number of para-hydroxylation sites is 1. The number of nitrogens with one attached hydrogen (secondary N) is 2. The predicted molar refractivity (Wildman–Crippen MR) is 99.8 cm³/mol. The van der Waals surface area contributed by atoms with E-state index in [4.69, 9.17) is 11.6 Å². The van der Waals surface area contributed by atoms with Crippen LogP contribution in [0.15, 0.2) is 48.5 Å². The van der Waals surface area contributed by atoms with Gasteiger partial charge in [0.2, 0.25) is 0 Å². The molecular weight excluding hydrogens is 342 g/mol. The third-order valence-corrected chi connectivity index (χ3v) is 5.26. The predicted octanol–water partition coefficient (Wildman–Crippen LogP) is 2.99. The van der Waals surface area contributed by atoms with E-state index in [1.165, 1.54) is 4.70 Å². The summed E-state index contributed by atoms with van der Waals surface area (Å²) >= 11 is 7.63. The normalized spacial score (nSPS) is 13.6. The first-order valence-electron chi connectivity index (χ1n) is 7.76. The monoisotopic (exact) mass is 360 g/mol. The number of hydrogen-bond donors (Lipinski definition) is 2. The summed E-state index contributed by atoms with van der Waals surface area (Å²) in [4.78, 5) is 18.2. The average Bonchev–Trinajstić information content (AvgIpc) is 2.96. The molecule has 2 aromatic carbocycles. The second kappa shape index (κ2) is 7.30. The van der Waals surface area contributed by atoms with Gasteiger partial charge in [0, 0.05) is 10.7 Å². The van der Waals surface area contributed by atoms with Gasteiger partial charge in [0.1, 0.15) is 11.6 Å². The van der Waals surface area contributed by atoms with Gasteiger partial charge in [-0.25, -0.2) is 4.98 Å². The second-order valence-corrected chi connectivity index (χ2v) is 7.37. The Labute approximate surface area is 150 Å². The molecule has 124 valence electrons. The minimum atomic E-state index is -0.198. The van der Waals surface area contributed by atoms with Crippen molar-refractivity contribution in [3.8, 4) is 0 Å². The van der Waals surface area contributed by atoms with Crippen LogP contribution < -0.4 is 10.2 Å². The summed E-state index contributed by atoms with van der Waals surface area (Å²) in [5.74, 6) is -0.0316. The van der Waals surface area contributed by atoms with Crippen LogP contribution in [0, 0.1) is 0 Å². The molecule has 3 rings (SSSR count). The summed E-state index contributed by atoms with van der Waals surface area (Å²) in [6, 6.07) is 15.1. The first-order chi connectivity index (χ1) is 11.5. The Kier molecular flexibility index (Phi) is 5.14. The highest BCUT2D eigenvalue weighted by atomic mass is 35.5. The lowest BCUT2D eigenvalue weighted by molar-refractivity contribution is -0.907. The smallest absolute Gasteiger partial charge is 0.282 e. The van der Waals surface area contributed by atoms with Gasteiger partial charge >= 0.3 is 0 Å². The van der Waals surface area contributed by atoms with Crippen LogP contribution in [0.3, 0.4) is 0 Å². The molecule has 0 saturated carbocycles. The van der Waals surface area contributed by atoms with E-state index in [0.717, 1.165) is 15.4 Å².